The average molecular weight is 422 g/mol. The van der Waals surface area contributed by atoms with Crippen molar-refractivity contribution in [3.63, 3.8) is 0 Å². The predicted octanol–water partition coefficient (Wildman–Crippen LogP) is 3.86. The van der Waals surface area contributed by atoms with E-state index in [2.05, 4.69) is 34.6 Å². The van der Waals surface area contributed by atoms with Crippen LogP contribution in [0.4, 0.5) is 5.82 Å². The first-order valence-electron chi connectivity index (χ1n) is 9.70. The van der Waals surface area contributed by atoms with Gasteiger partial charge < -0.3 is 14.6 Å². The largest absolute Gasteiger partial charge is 0.496 e. The number of rotatable bonds is 5. The van der Waals surface area contributed by atoms with E-state index < -0.39 is 5.92 Å². The zero-order chi connectivity index (χ0) is 21.3. The van der Waals surface area contributed by atoms with Crippen molar-refractivity contribution in [2.45, 2.75) is 30.2 Å². The maximum atomic E-state index is 13.1. The second kappa shape index (κ2) is 8.36. The van der Waals surface area contributed by atoms with E-state index >= 15 is 0 Å². The average Bonchev–Trinajstić information content (AvgIpc) is 2.75. The molecule has 3 aromatic rings. The first-order chi connectivity index (χ1) is 14.5. The number of aromatic nitrogens is 2. The number of hydrogen-bond acceptors (Lipinski definition) is 5. The summed E-state index contributed by atoms with van der Waals surface area (Å²) in [5.41, 5.74) is 3.35. The van der Waals surface area contributed by atoms with E-state index in [4.69, 9.17) is 4.74 Å². The van der Waals surface area contributed by atoms with E-state index in [0.29, 0.717) is 28.0 Å². The fourth-order valence-corrected chi connectivity index (χ4v) is 4.64. The van der Waals surface area contributed by atoms with Gasteiger partial charge in [-0.15, -0.1) is 0 Å². The number of nitrogens with one attached hydrogen (secondary N) is 1. The molecule has 1 amide bonds. The molecule has 0 saturated carbocycles. The van der Waals surface area contributed by atoms with Crippen LogP contribution in [-0.2, 0) is 17.6 Å². The van der Waals surface area contributed by atoms with Gasteiger partial charge in [0.1, 0.15) is 11.6 Å². The summed E-state index contributed by atoms with van der Waals surface area (Å²) in [5.74, 6) is 1.32. The van der Waals surface area contributed by atoms with Gasteiger partial charge in [-0.05, 0) is 18.6 Å². The predicted molar refractivity (Wildman–Crippen MR) is 118 cm³/mol. The normalized spacial score (nSPS) is 15.4. The lowest BCUT2D eigenvalue weighted by molar-refractivity contribution is -0.116. The highest BCUT2D eigenvalue weighted by atomic mass is 32.2. The van der Waals surface area contributed by atoms with Crippen LogP contribution in [-0.4, -0.2) is 22.6 Å². The van der Waals surface area contributed by atoms with Crippen molar-refractivity contribution in [1.82, 2.24) is 9.55 Å². The standard InChI is InChI=1S/C23H23N3O3S/c1-14-8-10-15(11-9-14)13-30-23-25-22(28)20-17(12-19(27)24-21(20)26(23)2)16-6-4-5-7-18(16)29-3/h4-11,17H,12-13H2,1-3H3,(H,24,27). The van der Waals surface area contributed by atoms with Crippen LogP contribution >= 0.6 is 11.8 Å². The van der Waals surface area contributed by atoms with Crippen molar-refractivity contribution >= 4 is 23.5 Å². The Labute approximate surface area is 179 Å². The highest BCUT2D eigenvalue weighted by molar-refractivity contribution is 7.98. The number of thioether (sulfide) groups is 1. The van der Waals surface area contributed by atoms with Crippen molar-refractivity contribution in [1.29, 1.82) is 0 Å². The Morgan fingerprint density at radius 1 is 1.17 bits per heavy atom. The Hall–Kier alpha value is -3.06. The molecule has 7 heteroatoms. The summed E-state index contributed by atoms with van der Waals surface area (Å²) in [5, 5.41) is 3.45. The van der Waals surface area contributed by atoms with E-state index in [1.165, 1.54) is 17.3 Å². The fraction of sp³-hybridized carbons (Fsp3) is 0.261. The summed E-state index contributed by atoms with van der Waals surface area (Å²) in [6.45, 7) is 2.05. The van der Waals surface area contributed by atoms with Gasteiger partial charge in [0.25, 0.3) is 5.56 Å². The fourth-order valence-electron chi connectivity index (χ4n) is 3.72. The quantitative estimate of drug-likeness (QED) is 0.500. The first-order valence-corrected chi connectivity index (χ1v) is 10.7. The van der Waals surface area contributed by atoms with E-state index in [1.54, 1.807) is 11.7 Å². The molecule has 154 valence electrons. The van der Waals surface area contributed by atoms with Crippen molar-refractivity contribution in [3.05, 3.63) is 81.1 Å². The number of anilines is 1. The molecule has 1 atom stereocenters. The van der Waals surface area contributed by atoms with E-state index in [1.807, 2.05) is 38.2 Å². The minimum absolute atomic E-state index is 0.130. The number of fused-ring (bicyclic) bond motifs is 1. The highest BCUT2D eigenvalue weighted by Gasteiger charge is 2.33. The maximum Gasteiger partial charge on any atom is 0.279 e. The van der Waals surface area contributed by atoms with Crippen LogP contribution in [0.2, 0.25) is 0 Å². The number of amides is 1. The van der Waals surface area contributed by atoms with Crippen LogP contribution in [0.1, 0.15) is 34.6 Å². The Kier molecular flexibility index (Phi) is 5.63. The number of hydrogen-bond donors (Lipinski definition) is 1. The number of carbonyl (C=O) groups excluding carboxylic acids is 1. The third-order valence-electron chi connectivity index (χ3n) is 5.30. The molecule has 0 bridgehead atoms. The Balaban J connectivity index is 1.73. The lowest BCUT2D eigenvalue weighted by Crippen LogP contribution is -2.33. The van der Waals surface area contributed by atoms with Crippen molar-refractivity contribution < 1.29 is 9.53 Å². The summed E-state index contributed by atoms with van der Waals surface area (Å²) in [7, 11) is 3.41. The number of nitrogens with zero attached hydrogens (tertiary/aromatic N) is 2. The number of ether oxygens (including phenoxy) is 1. The van der Waals surface area contributed by atoms with Gasteiger partial charge in [-0.2, -0.15) is 4.98 Å². The number of para-hydroxylation sites is 1. The Bertz CT molecular complexity index is 1160. The number of benzene rings is 2. The minimum Gasteiger partial charge on any atom is -0.496 e. The van der Waals surface area contributed by atoms with Crippen molar-refractivity contribution in [2.75, 3.05) is 12.4 Å². The molecule has 0 radical (unpaired) electrons. The second-order valence-corrected chi connectivity index (χ2v) is 8.28. The number of aryl methyl sites for hydroxylation is 1. The van der Waals surface area contributed by atoms with E-state index in [-0.39, 0.29) is 17.9 Å². The Morgan fingerprint density at radius 3 is 2.63 bits per heavy atom. The lowest BCUT2D eigenvalue weighted by Gasteiger charge is -2.28. The van der Waals surface area contributed by atoms with Crippen molar-refractivity contribution in [3.8, 4) is 5.75 Å². The van der Waals surface area contributed by atoms with E-state index in [9.17, 15) is 9.59 Å². The molecule has 2 heterocycles. The smallest absolute Gasteiger partial charge is 0.279 e. The summed E-state index contributed by atoms with van der Waals surface area (Å²) >= 11 is 1.47. The molecule has 1 N–H and O–H groups in total. The molecular weight excluding hydrogens is 398 g/mol. The molecule has 0 fully saturated rings. The van der Waals surface area contributed by atoms with Crippen LogP contribution in [0.15, 0.2) is 58.5 Å². The lowest BCUT2D eigenvalue weighted by atomic mass is 9.86. The third-order valence-corrected chi connectivity index (χ3v) is 6.40. The molecule has 6 nitrogen and oxygen atoms in total. The summed E-state index contributed by atoms with van der Waals surface area (Å²) in [4.78, 5) is 29.9. The molecule has 4 rings (SSSR count). The number of methoxy groups -OCH3 is 1. The van der Waals surface area contributed by atoms with Gasteiger partial charge >= 0.3 is 0 Å². The monoisotopic (exact) mass is 421 g/mol. The van der Waals surface area contributed by atoms with Gasteiger partial charge in [-0.1, -0.05) is 59.8 Å². The second-order valence-electron chi connectivity index (χ2n) is 7.34. The van der Waals surface area contributed by atoms with Crippen LogP contribution in [0, 0.1) is 6.92 Å². The third kappa shape index (κ3) is 3.85. The molecule has 1 aromatic heterocycles. The zero-order valence-corrected chi connectivity index (χ0v) is 18.0. The minimum atomic E-state index is -0.396. The zero-order valence-electron chi connectivity index (χ0n) is 17.1. The topological polar surface area (TPSA) is 73.2 Å². The van der Waals surface area contributed by atoms with Gasteiger partial charge in [0, 0.05) is 30.7 Å². The van der Waals surface area contributed by atoms with Gasteiger partial charge in [-0.25, -0.2) is 0 Å². The molecule has 0 aliphatic carbocycles. The number of carbonyl (C=O) groups is 1. The van der Waals surface area contributed by atoms with Crippen LogP contribution in [0.25, 0.3) is 0 Å². The molecule has 1 unspecified atom stereocenters. The molecule has 0 saturated heterocycles. The summed E-state index contributed by atoms with van der Waals surface area (Å²) in [6, 6.07) is 15.7. The molecule has 1 aliphatic rings. The molecule has 0 spiro atoms. The van der Waals surface area contributed by atoms with Gasteiger partial charge in [0.2, 0.25) is 5.91 Å². The Morgan fingerprint density at radius 2 is 1.90 bits per heavy atom. The van der Waals surface area contributed by atoms with Crippen LogP contribution in [0.5, 0.6) is 5.75 Å². The molecule has 1 aliphatic heterocycles. The summed E-state index contributed by atoms with van der Waals surface area (Å²) in [6.07, 6.45) is 0.181. The highest BCUT2D eigenvalue weighted by Crippen LogP contribution is 2.39. The van der Waals surface area contributed by atoms with E-state index in [0.717, 1.165) is 11.1 Å². The van der Waals surface area contributed by atoms with Crippen LogP contribution < -0.4 is 15.6 Å². The molecule has 2 aromatic carbocycles. The van der Waals surface area contributed by atoms with Crippen LogP contribution in [0.3, 0.4) is 0 Å². The molecule has 30 heavy (non-hydrogen) atoms. The maximum absolute atomic E-state index is 13.1. The van der Waals surface area contributed by atoms with Gasteiger partial charge in [-0.3, -0.25) is 9.59 Å². The molecular formula is C23H23N3O3S. The van der Waals surface area contributed by atoms with Gasteiger partial charge in [0.15, 0.2) is 5.16 Å². The van der Waals surface area contributed by atoms with Gasteiger partial charge in [0.05, 0.1) is 12.7 Å². The van der Waals surface area contributed by atoms with Crippen molar-refractivity contribution in [2.24, 2.45) is 7.05 Å². The summed E-state index contributed by atoms with van der Waals surface area (Å²) < 4.78 is 7.27. The SMILES string of the molecule is COc1ccccc1C1CC(=O)Nc2c1c(=O)nc(SCc1ccc(C)cc1)n2C. The first kappa shape index (κ1) is 20.2.